The predicted octanol–water partition coefficient (Wildman–Crippen LogP) is 1.45. The molecule has 7 heteroatoms. The number of halogens is 1. The van der Waals surface area contributed by atoms with Gasteiger partial charge in [-0.15, -0.1) is 0 Å². The molecular formula is C12H16IN3O3. The summed E-state index contributed by atoms with van der Waals surface area (Å²) in [5.41, 5.74) is 5.71. The summed E-state index contributed by atoms with van der Waals surface area (Å²) in [6, 6.07) is 4.81. The summed E-state index contributed by atoms with van der Waals surface area (Å²) >= 11 is 2.07. The van der Waals surface area contributed by atoms with E-state index in [9.17, 15) is 9.90 Å². The van der Waals surface area contributed by atoms with Crippen LogP contribution in [0.5, 0.6) is 5.75 Å². The van der Waals surface area contributed by atoms with Crippen molar-refractivity contribution in [3.63, 3.8) is 0 Å². The number of hydrogen-bond acceptors (Lipinski definition) is 4. The Bertz CT molecular complexity index is 505. The van der Waals surface area contributed by atoms with Crippen LogP contribution < -0.4 is 5.73 Å². The van der Waals surface area contributed by atoms with Gasteiger partial charge in [0.05, 0.1) is 5.56 Å². The van der Waals surface area contributed by atoms with Crippen molar-refractivity contribution >= 4 is 34.3 Å². The molecule has 0 aromatic heterocycles. The number of hydrogen-bond donors (Lipinski definition) is 3. The molecule has 0 aliphatic carbocycles. The first kappa shape index (κ1) is 15.5. The first-order valence-corrected chi connectivity index (χ1v) is 6.66. The van der Waals surface area contributed by atoms with Gasteiger partial charge in [-0.25, -0.2) is 0 Å². The minimum atomic E-state index is -0.311. The Morgan fingerprint density at radius 1 is 1.58 bits per heavy atom. The Hall–Kier alpha value is -1.51. The van der Waals surface area contributed by atoms with Gasteiger partial charge >= 0.3 is 0 Å². The summed E-state index contributed by atoms with van der Waals surface area (Å²) in [5.74, 6) is -0.585. The van der Waals surface area contributed by atoms with Gasteiger partial charge in [-0.05, 0) is 40.8 Å². The Kier molecular flexibility index (Phi) is 5.40. The number of aromatic hydroxyl groups is 1. The molecule has 1 unspecified atom stereocenters. The predicted molar refractivity (Wildman–Crippen MR) is 80.4 cm³/mol. The third kappa shape index (κ3) is 3.98. The van der Waals surface area contributed by atoms with Crippen LogP contribution in [0.25, 0.3) is 0 Å². The second-order valence-corrected chi connectivity index (χ2v) is 5.52. The lowest BCUT2D eigenvalue weighted by Gasteiger charge is -2.21. The van der Waals surface area contributed by atoms with Gasteiger partial charge in [0.25, 0.3) is 5.91 Å². The summed E-state index contributed by atoms with van der Waals surface area (Å²) < 4.78 is 0.858. The van der Waals surface area contributed by atoms with Crippen LogP contribution in [0.2, 0.25) is 0 Å². The van der Waals surface area contributed by atoms with Crippen LogP contribution in [0, 0.1) is 9.49 Å². The smallest absolute Gasteiger partial charge is 0.257 e. The van der Waals surface area contributed by atoms with E-state index >= 15 is 0 Å². The third-order valence-electron chi connectivity index (χ3n) is 2.70. The molecule has 6 nitrogen and oxygen atoms in total. The Morgan fingerprint density at radius 3 is 2.79 bits per heavy atom. The molecule has 4 N–H and O–H groups in total. The van der Waals surface area contributed by atoms with Crippen molar-refractivity contribution in [1.29, 1.82) is 0 Å². The number of amides is 1. The lowest BCUT2D eigenvalue weighted by atomic mass is 10.1. The number of phenolic OH excluding ortho intramolecular Hbond substituents is 1. The quantitative estimate of drug-likeness (QED) is 0.243. The first-order chi connectivity index (χ1) is 8.86. The number of amidine groups is 1. The van der Waals surface area contributed by atoms with E-state index in [1.54, 1.807) is 26.1 Å². The van der Waals surface area contributed by atoms with E-state index in [4.69, 9.17) is 10.9 Å². The second-order valence-electron chi connectivity index (χ2n) is 4.27. The van der Waals surface area contributed by atoms with Crippen LogP contribution in [-0.4, -0.2) is 40.5 Å². The number of nitrogens with two attached hydrogens (primary N) is 1. The monoisotopic (exact) mass is 377 g/mol. The van der Waals surface area contributed by atoms with Crippen LogP contribution in [0.15, 0.2) is 23.4 Å². The molecule has 0 saturated heterocycles. The largest absolute Gasteiger partial charge is 0.507 e. The van der Waals surface area contributed by atoms with Crippen LogP contribution in [0.3, 0.4) is 0 Å². The van der Waals surface area contributed by atoms with Gasteiger partial charge in [-0.3, -0.25) is 4.79 Å². The highest BCUT2D eigenvalue weighted by atomic mass is 127. The van der Waals surface area contributed by atoms with Crippen molar-refractivity contribution in [2.75, 3.05) is 13.6 Å². The van der Waals surface area contributed by atoms with E-state index in [0.717, 1.165) is 3.57 Å². The number of nitrogens with zero attached hydrogens (tertiary/aromatic N) is 2. The van der Waals surface area contributed by atoms with Crippen molar-refractivity contribution in [2.45, 2.75) is 6.92 Å². The zero-order chi connectivity index (χ0) is 14.6. The molecule has 0 aliphatic rings. The van der Waals surface area contributed by atoms with E-state index < -0.39 is 0 Å². The standard InChI is InChI=1S/C12H16IN3O3/c1-7(11(14)15-19)6-16(2)12(18)9-5-8(13)3-4-10(9)17/h3-5,7,17,19H,6H2,1-2H3,(H2,14,15). The molecule has 104 valence electrons. The summed E-state index contributed by atoms with van der Waals surface area (Å²) in [6.07, 6.45) is 0. The molecule has 0 spiro atoms. The maximum Gasteiger partial charge on any atom is 0.257 e. The lowest BCUT2D eigenvalue weighted by Crippen LogP contribution is -2.36. The average molecular weight is 377 g/mol. The molecule has 0 radical (unpaired) electrons. The highest BCUT2D eigenvalue weighted by Crippen LogP contribution is 2.21. The molecule has 1 rings (SSSR count). The molecule has 0 bridgehead atoms. The fourth-order valence-corrected chi connectivity index (χ4v) is 2.06. The van der Waals surface area contributed by atoms with E-state index in [-0.39, 0.29) is 29.0 Å². The maximum atomic E-state index is 12.2. The molecule has 19 heavy (non-hydrogen) atoms. The zero-order valence-corrected chi connectivity index (χ0v) is 12.8. The fourth-order valence-electron chi connectivity index (χ4n) is 1.57. The van der Waals surface area contributed by atoms with E-state index in [1.165, 1.54) is 11.0 Å². The van der Waals surface area contributed by atoms with Crippen molar-refractivity contribution in [2.24, 2.45) is 16.8 Å². The summed E-state index contributed by atoms with van der Waals surface area (Å²) in [5, 5.41) is 21.2. The topological polar surface area (TPSA) is 99.2 Å². The second kappa shape index (κ2) is 6.60. The van der Waals surface area contributed by atoms with Crippen molar-refractivity contribution in [1.82, 2.24) is 4.90 Å². The highest BCUT2D eigenvalue weighted by molar-refractivity contribution is 14.1. The summed E-state index contributed by atoms with van der Waals surface area (Å²) in [4.78, 5) is 13.6. The third-order valence-corrected chi connectivity index (χ3v) is 3.37. The van der Waals surface area contributed by atoms with E-state index in [0.29, 0.717) is 6.54 Å². The van der Waals surface area contributed by atoms with E-state index in [2.05, 4.69) is 27.7 Å². The van der Waals surface area contributed by atoms with Crippen molar-refractivity contribution in [3.05, 3.63) is 27.3 Å². The number of benzene rings is 1. The minimum Gasteiger partial charge on any atom is -0.507 e. The van der Waals surface area contributed by atoms with Crippen molar-refractivity contribution in [3.8, 4) is 5.75 Å². The van der Waals surface area contributed by atoms with Gasteiger partial charge in [0, 0.05) is 23.1 Å². The summed E-state index contributed by atoms with van der Waals surface area (Å²) in [7, 11) is 1.60. The molecule has 0 aliphatic heterocycles. The first-order valence-electron chi connectivity index (χ1n) is 5.58. The molecular weight excluding hydrogens is 361 g/mol. The summed E-state index contributed by atoms with van der Waals surface area (Å²) in [6.45, 7) is 2.03. The Labute approximate surface area is 125 Å². The van der Waals surface area contributed by atoms with Crippen LogP contribution in [0.4, 0.5) is 0 Å². The zero-order valence-electron chi connectivity index (χ0n) is 10.7. The highest BCUT2D eigenvalue weighted by Gasteiger charge is 2.19. The van der Waals surface area contributed by atoms with Crippen molar-refractivity contribution < 1.29 is 15.1 Å². The van der Waals surface area contributed by atoms with Crippen LogP contribution >= 0.6 is 22.6 Å². The Morgan fingerprint density at radius 2 is 2.21 bits per heavy atom. The molecule has 0 heterocycles. The van der Waals surface area contributed by atoms with Crippen LogP contribution in [-0.2, 0) is 0 Å². The van der Waals surface area contributed by atoms with Gasteiger partial charge in [0.1, 0.15) is 11.6 Å². The number of carbonyl (C=O) groups excluding carboxylic acids is 1. The Balaban J connectivity index is 2.85. The van der Waals surface area contributed by atoms with Gasteiger partial charge in [0.15, 0.2) is 0 Å². The van der Waals surface area contributed by atoms with Crippen LogP contribution in [0.1, 0.15) is 17.3 Å². The number of phenols is 1. The molecule has 1 amide bonds. The molecule has 1 atom stereocenters. The average Bonchev–Trinajstić information content (AvgIpc) is 2.39. The van der Waals surface area contributed by atoms with E-state index in [1.807, 2.05) is 0 Å². The lowest BCUT2D eigenvalue weighted by molar-refractivity contribution is 0.0783. The van der Waals surface area contributed by atoms with Gasteiger partial charge < -0.3 is 20.9 Å². The number of carbonyl (C=O) groups is 1. The SMILES string of the molecule is CC(CN(C)C(=O)c1cc(I)ccc1O)/C(N)=N/O. The van der Waals surface area contributed by atoms with Gasteiger partial charge in [-0.2, -0.15) is 0 Å². The molecule has 1 aromatic rings. The van der Waals surface area contributed by atoms with Gasteiger partial charge in [0.2, 0.25) is 0 Å². The molecule has 1 aromatic carbocycles. The minimum absolute atomic E-state index is 0.0614. The number of rotatable bonds is 4. The fraction of sp³-hybridized carbons (Fsp3) is 0.333. The normalized spacial score (nSPS) is 13.1. The number of oxime groups is 1. The molecule has 0 saturated carbocycles. The van der Waals surface area contributed by atoms with Gasteiger partial charge in [-0.1, -0.05) is 12.1 Å². The maximum absolute atomic E-state index is 12.2. The molecule has 0 fully saturated rings.